The number of anilines is 1. The zero-order valence-electron chi connectivity index (χ0n) is 12.1. The molecule has 6 heteroatoms. The third kappa shape index (κ3) is 6.06. The lowest BCUT2D eigenvalue weighted by molar-refractivity contribution is -0.121. The van der Waals surface area contributed by atoms with Gasteiger partial charge < -0.3 is 5.32 Å². The normalized spacial score (nSPS) is 12.8. The number of carbonyl (C=O) groups excluding carboxylic acids is 1. The second-order valence-electron chi connectivity index (χ2n) is 4.89. The summed E-state index contributed by atoms with van der Waals surface area (Å²) in [7, 11) is -3.26. The van der Waals surface area contributed by atoms with Gasteiger partial charge in [-0.15, -0.1) is 0 Å². The van der Waals surface area contributed by atoms with Crippen LogP contribution in [0.25, 0.3) is 0 Å². The van der Waals surface area contributed by atoms with Crippen LogP contribution in [0.15, 0.2) is 24.3 Å². The maximum absolute atomic E-state index is 11.6. The van der Waals surface area contributed by atoms with Crippen molar-refractivity contribution >= 4 is 21.6 Å². The fourth-order valence-corrected chi connectivity index (χ4v) is 2.35. The molecule has 2 N–H and O–H groups in total. The monoisotopic (exact) mass is 298 g/mol. The zero-order valence-corrected chi connectivity index (χ0v) is 13.0. The Bertz CT molecular complexity index is 538. The van der Waals surface area contributed by atoms with E-state index >= 15 is 0 Å². The van der Waals surface area contributed by atoms with Crippen molar-refractivity contribution in [3.05, 3.63) is 29.8 Å². The number of unbranched alkanes of at least 4 members (excludes halogenated alkanes) is 1. The third-order valence-electron chi connectivity index (χ3n) is 2.85. The standard InChI is InChI=1S/C14H22N2O3S/c1-4-5-6-14(17)15-11(2)12-7-9-13(10-8-12)16-20(3,18)19/h7-11,16H,4-6H2,1-3H3,(H,15,17)/t11-/m1/s1. The molecule has 112 valence electrons. The highest BCUT2D eigenvalue weighted by atomic mass is 32.2. The number of benzene rings is 1. The molecule has 0 fully saturated rings. The van der Waals surface area contributed by atoms with Gasteiger partial charge in [-0.05, 0) is 31.0 Å². The molecule has 0 saturated carbocycles. The molecule has 0 aliphatic heterocycles. The Morgan fingerprint density at radius 3 is 2.35 bits per heavy atom. The van der Waals surface area contributed by atoms with Gasteiger partial charge in [0, 0.05) is 12.1 Å². The van der Waals surface area contributed by atoms with E-state index in [1.165, 1.54) is 0 Å². The summed E-state index contributed by atoms with van der Waals surface area (Å²) in [5.74, 6) is 0.0395. The van der Waals surface area contributed by atoms with Crippen LogP contribution >= 0.6 is 0 Å². The van der Waals surface area contributed by atoms with E-state index in [-0.39, 0.29) is 11.9 Å². The topological polar surface area (TPSA) is 75.3 Å². The van der Waals surface area contributed by atoms with Crippen LogP contribution in [-0.4, -0.2) is 20.6 Å². The minimum Gasteiger partial charge on any atom is -0.350 e. The van der Waals surface area contributed by atoms with Crippen LogP contribution in [-0.2, 0) is 14.8 Å². The van der Waals surface area contributed by atoms with Crippen molar-refractivity contribution in [1.82, 2.24) is 5.32 Å². The Hall–Kier alpha value is -1.56. The predicted octanol–water partition coefficient (Wildman–Crippen LogP) is 2.43. The number of sulfonamides is 1. The molecule has 0 unspecified atom stereocenters. The van der Waals surface area contributed by atoms with Crippen molar-refractivity contribution in [2.75, 3.05) is 11.0 Å². The lowest BCUT2D eigenvalue weighted by atomic mass is 10.1. The second kappa shape index (κ2) is 7.28. The first-order valence-corrected chi connectivity index (χ1v) is 8.58. The fourth-order valence-electron chi connectivity index (χ4n) is 1.79. The summed E-state index contributed by atoms with van der Waals surface area (Å²) in [4.78, 5) is 11.6. The molecule has 1 aromatic rings. The van der Waals surface area contributed by atoms with Gasteiger partial charge in [0.25, 0.3) is 0 Å². The van der Waals surface area contributed by atoms with Gasteiger partial charge in [-0.3, -0.25) is 9.52 Å². The molecule has 1 aromatic carbocycles. The van der Waals surface area contributed by atoms with Crippen LogP contribution in [0.5, 0.6) is 0 Å². The maximum atomic E-state index is 11.6. The van der Waals surface area contributed by atoms with Gasteiger partial charge in [-0.1, -0.05) is 25.5 Å². The van der Waals surface area contributed by atoms with Crippen LogP contribution in [0, 0.1) is 0 Å². The highest BCUT2D eigenvalue weighted by Crippen LogP contribution is 2.17. The van der Waals surface area contributed by atoms with Gasteiger partial charge in [0.2, 0.25) is 15.9 Å². The number of hydrogen-bond acceptors (Lipinski definition) is 3. The van der Waals surface area contributed by atoms with Gasteiger partial charge in [0.05, 0.1) is 12.3 Å². The van der Waals surface area contributed by atoms with Crippen molar-refractivity contribution in [3.63, 3.8) is 0 Å². The molecule has 20 heavy (non-hydrogen) atoms. The summed E-state index contributed by atoms with van der Waals surface area (Å²) in [5, 5.41) is 2.92. The van der Waals surface area contributed by atoms with Gasteiger partial charge in [0.15, 0.2) is 0 Å². The number of carbonyl (C=O) groups is 1. The van der Waals surface area contributed by atoms with Crippen LogP contribution < -0.4 is 10.0 Å². The molecule has 1 rings (SSSR count). The smallest absolute Gasteiger partial charge is 0.229 e. The zero-order chi connectivity index (χ0) is 15.2. The van der Waals surface area contributed by atoms with Crippen LogP contribution in [0.2, 0.25) is 0 Å². The Labute approximate surface area is 120 Å². The molecule has 0 saturated heterocycles. The summed E-state index contributed by atoms with van der Waals surface area (Å²) in [5.41, 5.74) is 1.45. The van der Waals surface area contributed by atoms with Gasteiger partial charge in [0.1, 0.15) is 0 Å². The van der Waals surface area contributed by atoms with E-state index in [0.29, 0.717) is 12.1 Å². The molecular formula is C14H22N2O3S. The molecule has 1 amide bonds. The van der Waals surface area contributed by atoms with Gasteiger partial charge in [-0.25, -0.2) is 8.42 Å². The Balaban J connectivity index is 2.61. The van der Waals surface area contributed by atoms with Crippen LogP contribution in [0.1, 0.15) is 44.7 Å². The van der Waals surface area contributed by atoms with Crippen molar-refractivity contribution in [2.45, 2.75) is 39.2 Å². The molecule has 0 aromatic heterocycles. The van der Waals surface area contributed by atoms with E-state index in [4.69, 9.17) is 0 Å². The Morgan fingerprint density at radius 1 is 1.25 bits per heavy atom. The Morgan fingerprint density at radius 2 is 1.85 bits per heavy atom. The first-order chi connectivity index (χ1) is 9.31. The minimum absolute atomic E-state index is 0.0395. The van der Waals surface area contributed by atoms with Crippen molar-refractivity contribution in [1.29, 1.82) is 0 Å². The summed E-state index contributed by atoms with van der Waals surface area (Å²) in [6.45, 7) is 3.95. The molecule has 0 spiro atoms. The van der Waals surface area contributed by atoms with Crippen molar-refractivity contribution < 1.29 is 13.2 Å². The molecule has 5 nitrogen and oxygen atoms in total. The largest absolute Gasteiger partial charge is 0.350 e. The fraction of sp³-hybridized carbons (Fsp3) is 0.500. The van der Waals surface area contributed by atoms with E-state index in [1.807, 2.05) is 13.8 Å². The maximum Gasteiger partial charge on any atom is 0.229 e. The van der Waals surface area contributed by atoms with Crippen LogP contribution in [0.3, 0.4) is 0 Å². The lowest BCUT2D eigenvalue weighted by Crippen LogP contribution is -2.26. The Kier molecular flexibility index (Phi) is 6.01. The van der Waals surface area contributed by atoms with E-state index in [1.54, 1.807) is 24.3 Å². The van der Waals surface area contributed by atoms with E-state index in [9.17, 15) is 13.2 Å². The highest BCUT2D eigenvalue weighted by Gasteiger charge is 2.09. The van der Waals surface area contributed by atoms with Crippen molar-refractivity contribution in [2.24, 2.45) is 0 Å². The van der Waals surface area contributed by atoms with E-state index in [0.717, 1.165) is 24.7 Å². The summed E-state index contributed by atoms with van der Waals surface area (Å²) in [6, 6.07) is 6.89. The molecule has 0 heterocycles. The predicted molar refractivity (Wildman–Crippen MR) is 81.0 cm³/mol. The molecule has 0 aliphatic carbocycles. The molecule has 0 bridgehead atoms. The second-order valence-corrected chi connectivity index (χ2v) is 6.64. The van der Waals surface area contributed by atoms with E-state index < -0.39 is 10.0 Å². The molecular weight excluding hydrogens is 276 g/mol. The third-order valence-corrected chi connectivity index (χ3v) is 3.46. The SMILES string of the molecule is CCCCC(=O)N[C@H](C)c1ccc(NS(C)(=O)=O)cc1. The van der Waals surface area contributed by atoms with Gasteiger partial charge in [-0.2, -0.15) is 0 Å². The molecule has 1 atom stereocenters. The minimum atomic E-state index is -3.26. The molecule has 0 radical (unpaired) electrons. The summed E-state index contributed by atoms with van der Waals surface area (Å²) < 4.78 is 24.6. The van der Waals surface area contributed by atoms with Crippen LogP contribution in [0.4, 0.5) is 5.69 Å². The summed E-state index contributed by atoms with van der Waals surface area (Å²) in [6.07, 6.45) is 3.52. The number of amides is 1. The van der Waals surface area contributed by atoms with E-state index in [2.05, 4.69) is 10.0 Å². The summed E-state index contributed by atoms with van der Waals surface area (Å²) >= 11 is 0. The average Bonchev–Trinajstić information content (AvgIpc) is 2.35. The first-order valence-electron chi connectivity index (χ1n) is 6.69. The lowest BCUT2D eigenvalue weighted by Gasteiger charge is -2.15. The quantitative estimate of drug-likeness (QED) is 0.811. The first kappa shape index (κ1) is 16.5. The number of hydrogen-bond donors (Lipinski definition) is 2. The van der Waals surface area contributed by atoms with Gasteiger partial charge >= 0.3 is 0 Å². The number of rotatable bonds is 7. The molecule has 0 aliphatic rings. The van der Waals surface area contributed by atoms with Crippen molar-refractivity contribution in [3.8, 4) is 0 Å². The number of nitrogens with one attached hydrogen (secondary N) is 2. The highest BCUT2D eigenvalue weighted by molar-refractivity contribution is 7.92. The average molecular weight is 298 g/mol.